The number of hydrogen-bond donors (Lipinski definition) is 5. The number of carbonyl (C=O) groups is 1. The summed E-state index contributed by atoms with van der Waals surface area (Å²) in [5.74, 6) is -2.28. The minimum absolute atomic E-state index is 0.0914. The Bertz CT molecular complexity index is 805. The standard InChI is InChI=1S/C23H36O8/c1-10(24)18(26)31-16-11-6-7-12-21(5,28)15-14-17(30-14)19(2,3)23(15,29)13(25)8-22(12,16)9-20(11,4)27/h10-17,24-25,27-29H,6-9H2,1-5H3/t10?,11-,12+,13-,14+,15+,16-,17+,20-,21-,22+,23-/m1/s1. The van der Waals surface area contributed by atoms with Gasteiger partial charge in [0.05, 0.1) is 29.5 Å². The molecule has 5 fully saturated rings. The van der Waals surface area contributed by atoms with Crippen LogP contribution in [0.4, 0.5) is 0 Å². The fraction of sp³-hybridized carbons (Fsp3) is 0.957. The van der Waals surface area contributed by atoms with E-state index in [1.54, 1.807) is 13.8 Å². The van der Waals surface area contributed by atoms with Gasteiger partial charge in [-0.3, -0.25) is 0 Å². The number of carbonyl (C=O) groups excluding carboxylic acids is 1. The lowest BCUT2D eigenvalue weighted by Gasteiger charge is -2.52. The van der Waals surface area contributed by atoms with E-state index in [0.29, 0.717) is 12.8 Å². The van der Waals surface area contributed by atoms with Gasteiger partial charge in [0.25, 0.3) is 0 Å². The van der Waals surface area contributed by atoms with Crippen LogP contribution in [0.5, 0.6) is 0 Å². The number of hydrogen-bond acceptors (Lipinski definition) is 8. The summed E-state index contributed by atoms with van der Waals surface area (Å²) in [4.78, 5) is 12.4. The molecular weight excluding hydrogens is 404 g/mol. The molecule has 5 N–H and O–H groups in total. The highest BCUT2D eigenvalue weighted by atomic mass is 16.6. The molecule has 4 saturated carbocycles. The van der Waals surface area contributed by atoms with Gasteiger partial charge in [0.2, 0.25) is 0 Å². The molecule has 0 aromatic carbocycles. The molecule has 8 heteroatoms. The van der Waals surface area contributed by atoms with Crippen LogP contribution in [0.25, 0.3) is 0 Å². The molecule has 1 spiro atoms. The van der Waals surface area contributed by atoms with E-state index in [9.17, 15) is 30.3 Å². The number of epoxide rings is 1. The Balaban J connectivity index is 1.66. The first-order valence-corrected chi connectivity index (χ1v) is 11.5. The predicted molar refractivity (Wildman–Crippen MR) is 108 cm³/mol. The lowest BCUT2D eigenvalue weighted by atomic mass is 9.57. The maximum atomic E-state index is 12.4. The number of aliphatic hydroxyl groups is 5. The Morgan fingerprint density at radius 3 is 2.39 bits per heavy atom. The molecule has 1 unspecified atom stereocenters. The quantitative estimate of drug-likeness (QED) is 0.301. The van der Waals surface area contributed by atoms with Gasteiger partial charge in [0, 0.05) is 22.7 Å². The van der Waals surface area contributed by atoms with Crippen LogP contribution >= 0.6 is 0 Å². The Hall–Kier alpha value is -0.770. The van der Waals surface area contributed by atoms with Crippen LogP contribution in [-0.4, -0.2) is 78.8 Å². The SMILES string of the molecule is CC(O)C(=O)O[C@@H]1[C@H]2CC[C@H]3[C@@](C)(O)[C@@H]4[C@@H]5O[C@@H]5C(C)(C)[C@@]4(O)[C@H](O)C[C@@]13C[C@@]2(C)O. The second-order valence-electron chi connectivity index (χ2n) is 12.0. The Morgan fingerprint density at radius 2 is 1.77 bits per heavy atom. The molecule has 5 aliphatic rings. The fourth-order valence-electron chi connectivity index (χ4n) is 8.65. The van der Waals surface area contributed by atoms with Crippen LogP contribution in [0.3, 0.4) is 0 Å². The van der Waals surface area contributed by atoms with E-state index in [2.05, 4.69) is 0 Å². The molecule has 1 aliphatic heterocycles. The number of aliphatic hydroxyl groups excluding tert-OH is 2. The monoisotopic (exact) mass is 440 g/mol. The number of rotatable bonds is 2. The molecule has 0 radical (unpaired) electrons. The van der Waals surface area contributed by atoms with Gasteiger partial charge in [-0.05, 0) is 52.4 Å². The van der Waals surface area contributed by atoms with Gasteiger partial charge in [-0.2, -0.15) is 0 Å². The van der Waals surface area contributed by atoms with Gasteiger partial charge in [0.15, 0.2) is 0 Å². The van der Waals surface area contributed by atoms with Crippen LogP contribution in [0.2, 0.25) is 0 Å². The predicted octanol–water partition coefficient (Wildman–Crippen LogP) is 0.116. The van der Waals surface area contributed by atoms with Gasteiger partial charge in [-0.15, -0.1) is 0 Å². The average molecular weight is 441 g/mol. The molecule has 2 bridgehead atoms. The zero-order valence-corrected chi connectivity index (χ0v) is 18.9. The minimum atomic E-state index is -1.58. The first-order valence-electron chi connectivity index (χ1n) is 11.5. The molecule has 0 aromatic rings. The molecule has 4 aliphatic carbocycles. The zero-order valence-electron chi connectivity index (χ0n) is 18.9. The first kappa shape index (κ1) is 22.0. The number of fused-ring (bicyclic) bond motifs is 4. The van der Waals surface area contributed by atoms with E-state index in [-0.39, 0.29) is 31.0 Å². The van der Waals surface area contributed by atoms with Gasteiger partial charge in [-0.1, -0.05) is 13.8 Å². The normalized spacial score (nSPS) is 59.7. The van der Waals surface area contributed by atoms with Gasteiger partial charge in [0.1, 0.15) is 17.8 Å². The fourth-order valence-corrected chi connectivity index (χ4v) is 8.65. The van der Waals surface area contributed by atoms with Gasteiger partial charge in [-0.25, -0.2) is 4.79 Å². The summed E-state index contributed by atoms with van der Waals surface area (Å²) in [5.41, 5.74) is -5.87. The average Bonchev–Trinajstić information content (AvgIpc) is 3.36. The van der Waals surface area contributed by atoms with E-state index in [4.69, 9.17) is 9.47 Å². The summed E-state index contributed by atoms with van der Waals surface area (Å²) in [7, 11) is 0. The second-order valence-corrected chi connectivity index (χ2v) is 12.0. The van der Waals surface area contributed by atoms with Crippen LogP contribution in [0.1, 0.15) is 60.3 Å². The molecule has 1 heterocycles. The Labute approximate surface area is 182 Å². The molecule has 12 atom stereocenters. The molecule has 1 saturated heterocycles. The van der Waals surface area contributed by atoms with Crippen molar-refractivity contribution in [3.63, 3.8) is 0 Å². The van der Waals surface area contributed by atoms with Crippen molar-refractivity contribution in [2.24, 2.45) is 28.6 Å². The van der Waals surface area contributed by atoms with Crippen LogP contribution in [-0.2, 0) is 14.3 Å². The second kappa shape index (κ2) is 6.02. The molecule has 176 valence electrons. The topological polar surface area (TPSA) is 140 Å². The molecule has 0 aromatic heterocycles. The third-order valence-corrected chi connectivity index (χ3v) is 9.95. The summed E-state index contributed by atoms with van der Waals surface area (Å²) >= 11 is 0. The minimum Gasteiger partial charge on any atom is -0.459 e. The molecule has 31 heavy (non-hydrogen) atoms. The third-order valence-electron chi connectivity index (χ3n) is 9.95. The molecule has 0 amide bonds. The first-order chi connectivity index (χ1) is 14.1. The summed E-state index contributed by atoms with van der Waals surface area (Å²) in [6.07, 6.45) is -2.43. The maximum absolute atomic E-state index is 12.4. The smallest absolute Gasteiger partial charge is 0.334 e. The summed E-state index contributed by atoms with van der Waals surface area (Å²) in [5, 5.41) is 56.6. The number of ether oxygens (including phenoxy) is 2. The van der Waals surface area contributed by atoms with E-state index < -0.39 is 63.8 Å². The van der Waals surface area contributed by atoms with Crippen molar-refractivity contribution in [1.29, 1.82) is 0 Å². The van der Waals surface area contributed by atoms with Crippen LogP contribution in [0.15, 0.2) is 0 Å². The van der Waals surface area contributed by atoms with Crippen molar-refractivity contribution in [2.45, 2.75) is 108 Å². The largest absolute Gasteiger partial charge is 0.459 e. The molecular formula is C23H36O8. The highest BCUT2D eigenvalue weighted by Gasteiger charge is 2.83. The lowest BCUT2D eigenvalue weighted by molar-refractivity contribution is -0.223. The highest BCUT2D eigenvalue weighted by molar-refractivity contribution is 5.74. The van der Waals surface area contributed by atoms with Crippen LogP contribution in [0, 0.1) is 28.6 Å². The Morgan fingerprint density at radius 1 is 1.13 bits per heavy atom. The van der Waals surface area contributed by atoms with E-state index in [0.717, 1.165) is 0 Å². The molecule has 5 rings (SSSR count). The van der Waals surface area contributed by atoms with Crippen molar-refractivity contribution in [2.75, 3.05) is 0 Å². The van der Waals surface area contributed by atoms with Crippen molar-refractivity contribution >= 4 is 5.97 Å². The van der Waals surface area contributed by atoms with Crippen molar-refractivity contribution in [3.8, 4) is 0 Å². The maximum Gasteiger partial charge on any atom is 0.334 e. The van der Waals surface area contributed by atoms with Crippen molar-refractivity contribution < 1.29 is 39.8 Å². The van der Waals surface area contributed by atoms with E-state index >= 15 is 0 Å². The van der Waals surface area contributed by atoms with Gasteiger partial charge < -0.3 is 35.0 Å². The molecule has 8 nitrogen and oxygen atoms in total. The third kappa shape index (κ3) is 2.44. The van der Waals surface area contributed by atoms with E-state index in [1.807, 2.05) is 13.8 Å². The van der Waals surface area contributed by atoms with Crippen molar-refractivity contribution in [3.05, 3.63) is 0 Å². The summed E-state index contributed by atoms with van der Waals surface area (Å²) < 4.78 is 11.7. The van der Waals surface area contributed by atoms with Crippen LogP contribution < -0.4 is 0 Å². The lowest BCUT2D eigenvalue weighted by Crippen LogP contribution is -2.63. The van der Waals surface area contributed by atoms with Gasteiger partial charge >= 0.3 is 5.97 Å². The zero-order chi connectivity index (χ0) is 22.9. The van der Waals surface area contributed by atoms with E-state index in [1.165, 1.54) is 6.92 Å². The summed E-state index contributed by atoms with van der Waals surface area (Å²) in [6, 6.07) is 0. The summed E-state index contributed by atoms with van der Waals surface area (Å²) in [6.45, 7) is 8.47. The Kier molecular flexibility index (Phi) is 4.28. The number of esters is 1. The highest BCUT2D eigenvalue weighted by Crippen LogP contribution is 2.73. The van der Waals surface area contributed by atoms with Crippen molar-refractivity contribution in [1.82, 2.24) is 0 Å².